The van der Waals surface area contributed by atoms with Crippen molar-refractivity contribution in [1.82, 2.24) is 19.6 Å². The van der Waals surface area contributed by atoms with Crippen LogP contribution in [0, 0.1) is 0 Å². The molecule has 0 aromatic heterocycles. The Morgan fingerprint density at radius 3 is 1.03 bits per heavy atom. The van der Waals surface area contributed by atoms with E-state index in [0.717, 1.165) is 65.2 Å². The molecule has 2 N–H and O–H groups in total. The highest BCUT2D eigenvalue weighted by atomic mass is 32.2. The third kappa shape index (κ3) is 19.2. The fraction of sp³-hybridized carbons (Fsp3) is 0.778. The summed E-state index contributed by atoms with van der Waals surface area (Å²) in [6.07, 6.45) is 12.7. The van der Waals surface area contributed by atoms with Crippen molar-refractivity contribution in [3.05, 3.63) is 24.8 Å². The number of nitrogens with zero attached hydrogens (tertiary/aromatic N) is 4. The van der Waals surface area contributed by atoms with Gasteiger partial charge in [0.05, 0.1) is 24.8 Å². The van der Waals surface area contributed by atoms with Crippen LogP contribution in [0.15, 0.2) is 24.8 Å². The molecule has 2 aliphatic rings. The first-order valence-corrected chi connectivity index (χ1v) is 14.4. The van der Waals surface area contributed by atoms with Gasteiger partial charge in [0.25, 0.3) is 20.2 Å². The van der Waals surface area contributed by atoms with Gasteiger partial charge in [-0.3, -0.25) is 9.11 Å². The lowest BCUT2D eigenvalue weighted by molar-refractivity contribution is 0.241. The highest BCUT2D eigenvalue weighted by Gasteiger charge is 2.20. The van der Waals surface area contributed by atoms with Crippen molar-refractivity contribution < 1.29 is 43.2 Å². The average Bonchev–Trinajstić information content (AvgIpc) is 3.33. The van der Waals surface area contributed by atoms with E-state index in [-0.39, 0.29) is 11.5 Å². The lowest BCUT2D eigenvalue weighted by atomic mass is 10.3. The highest BCUT2D eigenvalue weighted by molar-refractivity contribution is 7.86. The summed E-state index contributed by atoms with van der Waals surface area (Å²) >= 11 is 0. The van der Waals surface area contributed by atoms with Crippen LogP contribution in [0.1, 0.15) is 38.5 Å². The SMILES string of the molecule is F[B-](F)(F)F.O=S(=O)(O)CCCCN1C=CN(CCCCN2C=CN(CCCCS(=O)(=O)O)C2)C1. The molecule has 0 aliphatic carbocycles. The van der Waals surface area contributed by atoms with E-state index in [1.165, 1.54) is 0 Å². The molecule has 0 fully saturated rings. The quantitative estimate of drug-likeness (QED) is 0.135. The Morgan fingerprint density at radius 1 is 0.571 bits per heavy atom. The molecule has 0 atom stereocenters. The summed E-state index contributed by atoms with van der Waals surface area (Å²) in [6.45, 7) is 5.12. The van der Waals surface area contributed by atoms with Gasteiger partial charge in [-0.25, -0.2) is 0 Å². The Morgan fingerprint density at radius 2 is 0.800 bits per heavy atom. The summed E-state index contributed by atoms with van der Waals surface area (Å²) in [5, 5.41) is 0. The molecule has 2 heterocycles. The summed E-state index contributed by atoms with van der Waals surface area (Å²) in [5.74, 6) is -0.359. The van der Waals surface area contributed by atoms with Crippen molar-refractivity contribution in [1.29, 1.82) is 0 Å². The summed E-state index contributed by atoms with van der Waals surface area (Å²) in [6, 6.07) is 0. The number of hydrogen-bond donors (Lipinski definition) is 2. The van der Waals surface area contributed by atoms with Crippen LogP contribution in [0.5, 0.6) is 0 Å². The number of rotatable bonds is 15. The van der Waals surface area contributed by atoms with Crippen LogP contribution in [0.3, 0.4) is 0 Å². The summed E-state index contributed by atoms with van der Waals surface area (Å²) in [7, 11) is -13.7. The number of hydrogen-bond acceptors (Lipinski definition) is 8. The molecular weight excluding hydrogens is 519 g/mol. The van der Waals surface area contributed by atoms with Gasteiger partial charge in [0.15, 0.2) is 0 Å². The van der Waals surface area contributed by atoms with Gasteiger partial charge in [-0.05, 0) is 38.5 Å². The zero-order valence-corrected chi connectivity index (χ0v) is 21.1. The van der Waals surface area contributed by atoms with Crippen molar-refractivity contribution >= 4 is 27.5 Å². The van der Waals surface area contributed by atoms with Crippen LogP contribution >= 0.6 is 0 Å². The van der Waals surface area contributed by atoms with E-state index in [9.17, 15) is 34.1 Å². The largest absolute Gasteiger partial charge is 0.673 e. The third-order valence-electron chi connectivity index (χ3n) is 5.04. The fourth-order valence-corrected chi connectivity index (χ4v) is 4.58. The summed E-state index contributed by atoms with van der Waals surface area (Å²) in [4.78, 5) is 8.77. The molecular formula is C18H34BF4N4O6S2-. The predicted molar refractivity (Wildman–Crippen MR) is 126 cm³/mol. The van der Waals surface area contributed by atoms with E-state index in [0.29, 0.717) is 12.8 Å². The molecule has 0 saturated heterocycles. The van der Waals surface area contributed by atoms with E-state index in [2.05, 4.69) is 32.0 Å². The van der Waals surface area contributed by atoms with Gasteiger partial charge in [0.1, 0.15) is 0 Å². The second-order valence-electron chi connectivity index (χ2n) is 8.32. The minimum atomic E-state index is -6.00. The summed E-state index contributed by atoms with van der Waals surface area (Å²) < 4.78 is 99.3. The molecule has 2 rings (SSSR count). The Hall–Kier alpha value is -1.72. The van der Waals surface area contributed by atoms with Gasteiger partial charge in [0.2, 0.25) is 0 Å². The smallest absolute Gasteiger partial charge is 0.418 e. The minimum Gasteiger partial charge on any atom is -0.418 e. The minimum absolute atomic E-state index is 0.179. The molecule has 17 heteroatoms. The first-order valence-electron chi connectivity index (χ1n) is 11.2. The van der Waals surface area contributed by atoms with Crippen molar-refractivity contribution in [2.45, 2.75) is 38.5 Å². The van der Waals surface area contributed by atoms with Crippen LogP contribution < -0.4 is 0 Å². The molecule has 0 saturated carbocycles. The molecule has 206 valence electrons. The van der Waals surface area contributed by atoms with Gasteiger partial charge < -0.3 is 36.9 Å². The molecule has 0 amide bonds. The molecule has 0 aromatic carbocycles. The standard InChI is InChI=1S/C18H34N4O6S2.BF4/c23-29(24,25)15-5-3-9-21-13-11-19(17-21)7-1-2-8-20-12-14-22(18-20)10-4-6-16-30(26,27)28;2-1(3,4)5/h11-14H,1-10,15-18H2,(H,23,24,25)(H,26,27,28);/q;-1. The maximum atomic E-state index is 10.7. The molecule has 0 radical (unpaired) electrons. The van der Waals surface area contributed by atoms with E-state index >= 15 is 0 Å². The molecule has 0 bridgehead atoms. The Labute approximate surface area is 204 Å². The normalized spacial score (nSPS) is 16.3. The van der Waals surface area contributed by atoms with Crippen molar-refractivity contribution in [3.63, 3.8) is 0 Å². The number of unbranched alkanes of at least 4 members (excludes halogenated alkanes) is 3. The Balaban J connectivity index is 0.00000111. The number of halogens is 4. The molecule has 0 spiro atoms. The van der Waals surface area contributed by atoms with Gasteiger partial charge >= 0.3 is 7.25 Å². The molecule has 10 nitrogen and oxygen atoms in total. The second kappa shape index (κ2) is 14.7. The van der Waals surface area contributed by atoms with Gasteiger partial charge in [-0.15, -0.1) is 0 Å². The maximum absolute atomic E-state index is 10.7. The lowest BCUT2D eigenvalue weighted by Gasteiger charge is -2.23. The average molecular weight is 553 g/mol. The van der Waals surface area contributed by atoms with E-state index in [1.54, 1.807) is 0 Å². The summed E-state index contributed by atoms with van der Waals surface area (Å²) in [5.41, 5.74) is 0. The van der Waals surface area contributed by atoms with E-state index in [1.807, 2.05) is 12.4 Å². The Bertz CT molecular complexity index is 818. The molecule has 2 aliphatic heterocycles. The monoisotopic (exact) mass is 553 g/mol. The molecule has 0 unspecified atom stereocenters. The fourth-order valence-electron chi connectivity index (χ4n) is 3.44. The van der Waals surface area contributed by atoms with Crippen LogP contribution in [-0.2, 0) is 20.2 Å². The molecule has 35 heavy (non-hydrogen) atoms. The van der Waals surface area contributed by atoms with E-state index < -0.39 is 27.5 Å². The van der Waals surface area contributed by atoms with Crippen molar-refractivity contribution in [2.75, 3.05) is 51.0 Å². The zero-order chi connectivity index (χ0) is 26.5. The van der Waals surface area contributed by atoms with Crippen molar-refractivity contribution in [3.8, 4) is 0 Å². The Kier molecular flexibility index (Phi) is 13.2. The van der Waals surface area contributed by atoms with Crippen LogP contribution in [-0.4, -0.2) is 104 Å². The topological polar surface area (TPSA) is 122 Å². The maximum Gasteiger partial charge on any atom is 0.673 e. The second-order valence-corrected chi connectivity index (χ2v) is 11.5. The first-order chi connectivity index (χ1) is 16.1. The van der Waals surface area contributed by atoms with Crippen LogP contribution in [0.25, 0.3) is 0 Å². The lowest BCUT2D eigenvalue weighted by Crippen LogP contribution is -2.28. The molecule has 0 aromatic rings. The zero-order valence-electron chi connectivity index (χ0n) is 19.4. The van der Waals surface area contributed by atoms with Gasteiger partial charge in [-0.1, -0.05) is 0 Å². The predicted octanol–water partition coefficient (Wildman–Crippen LogP) is 2.50. The van der Waals surface area contributed by atoms with E-state index in [4.69, 9.17) is 9.11 Å². The van der Waals surface area contributed by atoms with Crippen LogP contribution in [0.2, 0.25) is 0 Å². The van der Waals surface area contributed by atoms with Crippen molar-refractivity contribution in [2.24, 2.45) is 0 Å². The van der Waals surface area contributed by atoms with Crippen LogP contribution in [0.4, 0.5) is 17.3 Å². The highest BCUT2D eigenvalue weighted by Crippen LogP contribution is 2.12. The van der Waals surface area contributed by atoms with Gasteiger partial charge in [0, 0.05) is 51.0 Å². The van der Waals surface area contributed by atoms with Gasteiger partial charge in [-0.2, -0.15) is 16.8 Å². The first kappa shape index (κ1) is 31.3. The third-order valence-corrected chi connectivity index (χ3v) is 6.65.